The van der Waals surface area contributed by atoms with E-state index < -0.39 is 5.82 Å². The maximum Gasteiger partial charge on any atom is 0.257 e. The fraction of sp³-hybridized carbons (Fsp3) is 0.200. The molecule has 2 aromatic rings. The first-order valence-electron chi connectivity index (χ1n) is 6.25. The van der Waals surface area contributed by atoms with Crippen LogP contribution in [0.15, 0.2) is 42.7 Å². The zero-order chi connectivity index (χ0) is 14.5. The van der Waals surface area contributed by atoms with Gasteiger partial charge in [0.05, 0.1) is 5.56 Å². The number of rotatable bonds is 4. The fourth-order valence-electron chi connectivity index (χ4n) is 1.87. The SMILES string of the molecule is CCN(Cc1ccncc1)C(=O)c1cc(Cl)ccc1F. The van der Waals surface area contributed by atoms with Gasteiger partial charge in [-0.05, 0) is 42.8 Å². The van der Waals surface area contributed by atoms with E-state index in [9.17, 15) is 9.18 Å². The van der Waals surface area contributed by atoms with Gasteiger partial charge in [-0.1, -0.05) is 11.6 Å². The van der Waals surface area contributed by atoms with Gasteiger partial charge in [-0.3, -0.25) is 9.78 Å². The Morgan fingerprint density at radius 3 is 2.65 bits per heavy atom. The van der Waals surface area contributed by atoms with Gasteiger partial charge in [0, 0.05) is 30.5 Å². The summed E-state index contributed by atoms with van der Waals surface area (Å²) < 4.78 is 13.7. The summed E-state index contributed by atoms with van der Waals surface area (Å²) in [6.07, 6.45) is 3.32. The second kappa shape index (κ2) is 6.48. The van der Waals surface area contributed by atoms with E-state index in [1.807, 2.05) is 19.1 Å². The fourth-order valence-corrected chi connectivity index (χ4v) is 2.04. The van der Waals surface area contributed by atoms with Crippen LogP contribution in [0.5, 0.6) is 0 Å². The van der Waals surface area contributed by atoms with E-state index in [1.165, 1.54) is 18.2 Å². The predicted molar refractivity (Wildman–Crippen MR) is 76.1 cm³/mol. The molecule has 0 N–H and O–H groups in total. The molecule has 0 radical (unpaired) electrons. The summed E-state index contributed by atoms with van der Waals surface area (Å²) in [7, 11) is 0. The van der Waals surface area contributed by atoms with Gasteiger partial charge < -0.3 is 4.90 Å². The van der Waals surface area contributed by atoms with Crippen molar-refractivity contribution in [2.75, 3.05) is 6.54 Å². The van der Waals surface area contributed by atoms with Crippen LogP contribution in [0.1, 0.15) is 22.8 Å². The lowest BCUT2D eigenvalue weighted by Gasteiger charge is -2.21. The van der Waals surface area contributed by atoms with Crippen molar-refractivity contribution in [3.8, 4) is 0 Å². The summed E-state index contributed by atoms with van der Waals surface area (Å²) in [5.74, 6) is -0.933. The van der Waals surface area contributed by atoms with Gasteiger partial charge in [-0.2, -0.15) is 0 Å². The minimum atomic E-state index is -0.562. The molecule has 20 heavy (non-hydrogen) atoms. The van der Waals surface area contributed by atoms with Crippen LogP contribution in [0.4, 0.5) is 4.39 Å². The molecule has 5 heteroatoms. The molecule has 0 spiro atoms. The van der Waals surface area contributed by atoms with Crippen LogP contribution in [0.3, 0.4) is 0 Å². The van der Waals surface area contributed by atoms with E-state index in [4.69, 9.17) is 11.6 Å². The predicted octanol–water partition coefficient (Wildman–Crippen LogP) is 3.54. The van der Waals surface area contributed by atoms with Crippen molar-refractivity contribution in [2.45, 2.75) is 13.5 Å². The summed E-state index contributed by atoms with van der Waals surface area (Å²) in [5, 5.41) is 0.342. The first kappa shape index (κ1) is 14.5. The van der Waals surface area contributed by atoms with Gasteiger partial charge in [-0.25, -0.2) is 4.39 Å². The molecule has 0 saturated heterocycles. The van der Waals surface area contributed by atoms with Crippen molar-refractivity contribution in [1.82, 2.24) is 9.88 Å². The van der Waals surface area contributed by atoms with Crippen molar-refractivity contribution < 1.29 is 9.18 Å². The molecule has 0 aliphatic carbocycles. The molecular weight excluding hydrogens is 279 g/mol. The molecule has 0 unspecified atom stereocenters. The van der Waals surface area contributed by atoms with Crippen LogP contribution < -0.4 is 0 Å². The quantitative estimate of drug-likeness (QED) is 0.863. The highest BCUT2D eigenvalue weighted by Crippen LogP contribution is 2.17. The Morgan fingerprint density at radius 1 is 1.30 bits per heavy atom. The number of pyridine rings is 1. The first-order valence-corrected chi connectivity index (χ1v) is 6.63. The number of carbonyl (C=O) groups excluding carboxylic acids is 1. The average Bonchev–Trinajstić information content (AvgIpc) is 2.47. The highest BCUT2D eigenvalue weighted by molar-refractivity contribution is 6.31. The average molecular weight is 293 g/mol. The Balaban J connectivity index is 2.23. The van der Waals surface area contributed by atoms with Gasteiger partial charge in [0.25, 0.3) is 5.91 Å². The molecule has 0 aliphatic rings. The number of carbonyl (C=O) groups is 1. The summed E-state index contributed by atoms with van der Waals surface area (Å²) in [5.41, 5.74) is 0.936. The molecule has 1 amide bonds. The number of halogens is 2. The normalized spacial score (nSPS) is 10.3. The van der Waals surface area contributed by atoms with Crippen LogP contribution in [-0.4, -0.2) is 22.3 Å². The molecule has 2 rings (SSSR count). The molecule has 3 nitrogen and oxygen atoms in total. The van der Waals surface area contributed by atoms with E-state index in [2.05, 4.69) is 4.98 Å². The van der Waals surface area contributed by atoms with Crippen molar-refractivity contribution in [1.29, 1.82) is 0 Å². The maximum absolute atomic E-state index is 13.7. The Hall–Kier alpha value is -1.94. The Labute approximate surface area is 122 Å². The van der Waals surface area contributed by atoms with E-state index in [-0.39, 0.29) is 11.5 Å². The van der Waals surface area contributed by atoms with Crippen LogP contribution in [0, 0.1) is 5.82 Å². The summed E-state index contributed by atoms with van der Waals surface area (Å²) >= 11 is 5.82. The lowest BCUT2D eigenvalue weighted by molar-refractivity contribution is 0.0748. The minimum Gasteiger partial charge on any atom is -0.335 e. The van der Waals surface area contributed by atoms with Crippen LogP contribution in [-0.2, 0) is 6.54 Å². The highest BCUT2D eigenvalue weighted by Gasteiger charge is 2.18. The van der Waals surface area contributed by atoms with Gasteiger partial charge in [0.1, 0.15) is 5.82 Å². The molecule has 0 bridgehead atoms. The van der Waals surface area contributed by atoms with E-state index in [0.29, 0.717) is 18.1 Å². The third-order valence-electron chi connectivity index (χ3n) is 2.95. The molecule has 0 aliphatic heterocycles. The Kier molecular flexibility index (Phi) is 4.69. The van der Waals surface area contributed by atoms with Gasteiger partial charge in [-0.15, -0.1) is 0 Å². The lowest BCUT2D eigenvalue weighted by atomic mass is 10.1. The summed E-state index contributed by atoms with van der Waals surface area (Å²) in [6, 6.07) is 7.63. The monoisotopic (exact) mass is 292 g/mol. The minimum absolute atomic E-state index is 0.00611. The largest absolute Gasteiger partial charge is 0.335 e. The van der Waals surface area contributed by atoms with Crippen LogP contribution >= 0.6 is 11.6 Å². The van der Waals surface area contributed by atoms with Crippen LogP contribution in [0.25, 0.3) is 0 Å². The third kappa shape index (κ3) is 3.33. The molecule has 1 heterocycles. The number of aromatic nitrogens is 1. The van der Waals surface area contributed by atoms with Crippen molar-refractivity contribution in [3.05, 3.63) is 64.7 Å². The zero-order valence-electron chi connectivity index (χ0n) is 11.0. The molecule has 1 aromatic heterocycles. The van der Waals surface area contributed by atoms with Crippen LogP contribution in [0.2, 0.25) is 5.02 Å². The van der Waals surface area contributed by atoms with Crippen molar-refractivity contribution in [3.63, 3.8) is 0 Å². The molecule has 104 valence electrons. The van der Waals surface area contributed by atoms with Gasteiger partial charge in [0.15, 0.2) is 0 Å². The second-order valence-electron chi connectivity index (χ2n) is 4.30. The first-order chi connectivity index (χ1) is 9.61. The standard InChI is InChI=1S/C15H14ClFN2O/c1-2-19(10-11-5-7-18-8-6-11)15(20)13-9-12(16)3-4-14(13)17/h3-9H,2,10H2,1H3. The summed E-state index contributed by atoms with van der Waals surface area (Å²) in [4.78, 5) is 17.9. The summed E-state index contributed by atoms with van der Waals surface area (Å²) in [6.45, 7) is 2.73. The number of benzene rings is 1. The second-order valence-corrected chi connectivity index (χ2v) is 4.74. The molecule has 0 saturated carbocycles. The highest BCUT2D eigenvalue weighted by atomic mass is 35.5. The maximum atomic E-state index is 13.7. The Bertz CT molecular complexity index is 604. The van der Waals surface area contributed by atoms with Crippen molar-refractivity contribution >= 4 is 17.5 Å². The van der Waals surface area contributed by atoms with E-state index in [1.54, 1.807) is 17.3 Å². The van der Waals surface area contributed by atoms with E-state index in [0.717, 1.165) is 5.56 Å². The zero-order valence-corrected chi connectivity index (χ0v) is 11.8. The molecule has 1 aromatic carbocycles. The van der Waals surface area contributed by atoms with E-state index >= 15 is 0 Å². The number of hydrogen-bond donors (Lipinski definition) is 0. The topological polar surface area (TPSA) is 33.2 Å². The van der Waals surface area contributed by atoms with Gasteiger partial charge in [0.2, 0.25) is 0 Å². The number of amides is 1. The number of hydrogen-bond acceptors (Lipinski definition) is 2. The smallest absolute Gasteiger partial charge is 0.257 e. The van der Waals surface area contributed by atoms with Gasteiger partial charge >= 0.3 is 0 Å². The third-order valence-corrected chi connectivity index (χ3v) is 3.19. The molecule has 0 fully saturated rings. The Morgan fingerprint density at radius 2 is 2.00 bits per heavy atom. The van der Waals surface area contributed by atoms with Crippen molar-refractivity contribution in [2.24, 2.45) is 0 Å². The number of nitrogens with zero attached hydrogens (tertiary/aromatic N) is 2. The molecular formula is C15H14ClFN2O. The molecule has 0 atom stereocenters. The lowest BCUT2D eigenvalue weighted by Crippen LogP contribution is -2.31.